The zero-order chi connectivity index (χ0) is 10.5. The molecule has 0 aliphatic carbocycles. The van der Waals surface area contributed by atoms with E-state index in [9.17, 15) is 0 Å². The Morgan fingerprint density at radius 1 is 1.31 bits per heavy atom. The first kappa shape index (κ1) is 14.0. The van der Waals surface area contributed by atoms with Crippen molar-refractivity contribution in [3.8, 4) is 0 Å². The van der Waals surface area contributed by atoms with Gasteiger partial charge in [-0.3, -0.25) is 0 Å². The summed E-state index contributed by atoms with van der Waals surface area (Å²) in [5, 5.41) is 3.43. The summed E-state index contributed by atoms with van der Waals surface area (Å²) in [6, 6.07) is 4.71. The van der Waals surface area contributed by atoms with Crippen LogP contribution in [0.2, 0.25) is 0 Å². The van der Waals surface area contributed by atoms with Crippen LogP contribution in [0.1, 0.15) is 48.3 Å². The third kappa shape index (κ3) is 3.76. The molecule has 1 fully saturated rings. The van der Waals surface area contributed by atoms with E-state index in [1.165, 1.54) is 45.2 Å². The molecule has 0 aromatic carbocycles. The normalized spacial score (nSPS) is 17.1. The van der Waals surface area contributed by atoms with Gasteiger partial charge in [-0.15, -0.1) is 23.7 Å². The van der Waals surface area contributed by atoms with Crippen molar-refractivity contribution in [2.45, 2.75) is 44.9 Å². The molecule has 0 amide bonds. The van der Waals surface area contributed by atoms with E-state index in [1.54, 1.807) is 9.75 Å². The molecular weight excluding hydrogens is 238 g/mol. The third-order valence-electron chi connectivity index (χ3n) is 3.20. The van der Waals surface area contributed by atoms with E-state index in [0.29, 0.717) is 0 Å². The average molecular weight is 260 g/mol. The Hall–Kier alpha value is -0.0500. The maximum absolute atomic E-state index is 3.43. The van der Waals surface area contributed by atoms with Crippen LogP contribution in [0.25, 0.3) is 0 Å². The summed E-state index contributed by atoms with van der Waals surface area (Å²) >= 11 is 2.05. The second-order valence-electron chi connectivity index (χ2n) is 4.43. The van der Waals surface area contributed by atoms with E-state index >= 15 is 0 Å². The minimum absolute atomic E-state index is 0. The van der Waals surface area contributed by atoms with Crippen molar-refractivity contribution in [1.82, 2.24) is 5.32 Å². The van der Waals surface area contributed by atoms with Crippen LogP contribution in [0, 0.1) is 0 Å². The second kappa shape index (κ2) is 7.31. The molecule has 1 saturated heterocycles. The molecule has 1 N–H and O–H groups in total. The number of rotatable bonds is 4. The second-order valence-corrected chi connectivity index (χ2v) is 5.63. The van der Waals surface area contributed by atoms with Gasteiger partial charge in [0.2, 0.25) is 0 Å². The van der Waals surface area contributed by atoms with Crippen LogP contribution in [0.15, 0.2) is 12.1 Å². The van der Waals surface area contributed by atoms with Crippen LogP contribution < -0.4 is 5.32 Å². The molecule has 0 spiro atoms. The van der Waals surface area contributed by atoms with E-state index in [2.05, 4.69) is 35.7 Å². The van der Waals surface area contributed by atoms with Crippen LogP contribution in [0.4, 0.5) is 0 Å². The van der Waals surface area contributed by atoms with Crippen molar-refractivity contribution < 1.29 is 0 Å². The number of halogens is 1. The summed E-state index contributed by atoms with van der Waals surface area (Å²) in [5.74, 6) is 0.839. The molecule has 2 heterocycles. The summed E-state index contributed by atoms with van der Waals surface area (Å²) in [4.78, 5) is 3.22. The van der Waals surface area contributed by atoms with Gasteiger partial charge in [-0.25, -0.2) is 0 Å². The molecule has 0 bridgehead atoms. The van der Waals surface area contributed by atoms with Crippen LogP contribution in [-0.2, 0) is 6.42 Å². The zero-order valence-corrected chi connectivity index (χ0v) is 11.6. The average Bonchev–Trinajstić information content (AvgIpc) is 2.76. The highest BCUT2D eigenvalue weighted by molar-refractivity contribution is 7.12. The Balaban J connectivity index is 0.00000128. The fraction of sp³-hybridized carbons (Fsp3) is 0.692. The zero-order valence-electron chi connectivity index (χ0n) is 10.00. The lowest BCUT2D eigenvalue weighted by atomic mass is 9.97. The molecule has 0 atom stereocenters. The quantitative estimate of drug-likeness (QED) is 0.863. The number of aryl methyl sites for hydroxylation is 1. The molecule has 16 heavy (non-hydrogen) atoms. The van der Waals surface area contributed by atoms with Gasteiger partial charge in [-0.05, 0) is 56.8 Å². The first-order valence-electron chi connectivity index (χ1n) is 6.19. The van der Waals surface area contributed by atoms with Crippen molar-refractivity contribution in [3.05, 3.63) is 21.9 Å². The molecule has 92 valence electrons. The van der Waals surface area contributed by atoms with Gasteiger partial charge >= 0.3 is 0 Å². The third-order valence-corrected chi connectivity index (χ3v) is 4.51. The van der Waals surface area contributed by atoms with Crippen molar-refractivity contribution in [2.75, 3.05) is 13.1 Å². The van der Waals surface area contributed by atoms with Crippen LogP contribution in [-0.4, -0.2) is 13.1 Å². The SMILES string of the molecule is CCCCc1ccc(C2CCNCC2)s1.Cl. The molecule has 1 aromatic rings. The monoisotopic (exact) mass is 259 g/mol. The lowest BCUT2D eigenvalue weighted by Gasteiger charge is -2.21. The summed E-state index contributed by atoms with van der Waals surface area (Å²) in [6.07, 6.45) is 6.58. The highest BCUT2D eigenvalue weighted by Gasteiger charge is 2.16. The number of hydrogen-bond donors (Lipinski definition) is 1. The molecule has 1 nitrogen and oxygen atoms in total. The van der Waals surface area contributed by atoms with Gasteiger partial charge in [0.1, 0.15) is 0 Å². The first-order chi connectivity index (χ1) is 7.40. The van der Waals surface area contributed by atoms with E-state index in [1.807, 2.05) is 0 Å². The van der Waals surface area contributed by atoms with Gasteiger partial charge in [0.05, 0.1) is 0 Å². The molecule has 0 saturated carbocycles. The van der Waals surface area contributed by atoms with E-state index < -0.39 is 0 Å². The number of piperidine rings is 1. The molecule has 3 heteroatoms. The maximum Gasteiger partial charge on any atom is 0.00801 e. The predicted molar refractivity (Wildman–Crippen MR) is 75.0 cm³/mol. The van der Waals surface area contributed by atoms with Crippen molar-refractivity contribution in [1.29, 1.82) is 0 Å². The molecule has 0 unspecified atom stereocenters. The molecule has 1 aromatic heterocycles. The highest BCUT2D eigenvalue weighted by Crippen LogP contribution is 2.31. The van der Waals surface area contributed by atoms with Gasteiger partial charge in [0, 0.05) is 9.75 Å². The lowest BCUT2D eigenvalue weighted by Crippen LogP contribution is -2.26. The number of nitrogens with one attached hydrogen (secondary N) is 1. The minimum Gasteiger partial charge on any atom is -0.317 e. The largest absolute Gasteiger partial charge is 0.317 e. The molecule has 1 aliphatic heterocycles. The molecule has 0 radical (unpaired) electrons. The maximum atomic E-state index is 3.43. The van der Waals surface area contributed by atoms with E-state index in [-0.39, 0.29) is 12.4 Å². The Morgan fingerprint density at radius 2 is 2.06 bits per heavy atom. The minimum atomic E-state index is 0. The Kier molecular flexibility index (Phi) is 6.40. The van der Waals surface area contributed by atoms with E-state index in [0.717, 1.165) is 5.92 Å². The first-order valence-corrected chi connectivity index (χ1v) is 7.01. The predicted octanol–water partition coefficient (Wildman–Crippen LogP) is 3.98. The molecule has 2 rings (SSSR count). The van der Waals surface area contributed by atoms with Gasteiger partial charge in [0.15, 0.2) is 0 Å². The summed E-state index contributed by atoms with van der Waals surface area (Å²) in [6.45, 7) is 4.67. The van der Waals surface area contributed by atoms with Crippen molar-refractivity contribution in [2.24, 2.45) is 0 Å². The van der Waals surface area contributed by atoms with Gasteiger partial charge in [0.25, 0.3) is 0 Å². The Bertz CT molecular complexity index is 292. The number of unbranched alkanes of at least 4 members (excludes halogenated alkanes) is 1. The molecule has 1 aliphatic rings. The molecular formula is C13H22ClNS. The fourth-order valence-electron chi connectivity index (χ4n) is 2.21. The topological polar surface area (TPSA) is 12.0 Å². The van der Waals surface area contributed by atoms with Crippen molar-refractivity contribution in [3.63, 3.8) is 0 Å². The van der Waals surface area contributed by atoms with Crippen LogP contribution in [0.5, 0.6) is 0 Å². The Labute approximate surface area is 109 Å². The smallest absolute Gasteiger partial charge is 0.00801 e. The number of hydrogen-bond acceptors (Lipinski definition) is 2. The van der Waals surface area contributed by atoms with Gasteiger partial charge < -0.3 is 5.32 Å². The van der Waals surface area contributed by atoms with Crippen LogP contribution in [0.3, 0.4) is 0 Å². The van der Waals surface area contributed by atoms with Gasteiger partial charge in [-0.2, -0.15) is 0 Å². The Morgan fingerprint density at radius 3 is 2.75 bits per heavy atom. The van der Waals surface area contributed by atoms with Gasteiger partial charge in [-0.1, -0.05) is 13.3 Å². The number of thiophene rings is 1. The standard InChI is InChI=1S/C13H21NS.ClH/c1-2-3-4-12-5-6-13(15-12)11-7-9-14-10-8-11;/h5-6,11,14H,2-4,7-10H2,1H3;1H. The lowest BCUT2D eigenvalue weighted by molar-refractivity contribution is 0.465. The summed E-state index contributed by atoms with van der Waals surface area (Å²) < 4.78 is 0. The van der Waals surface area contributed by atoms with E-state index in [4.69, 9.17) is 0 Å². The highest BCUT2D eigenvalue weighted by atomic mass is 35.5. The summed E-state index contributed by atoms with van der Waals surface area (Å²) in [7, 11) is 0. The van der Waals surface area contributed by atoms with Crippen LogP contribution >= 0.6 is 23.7 Å². The van der Waals surface area contributed by atoms with Crippen molar-refractivity contribution >= 4 is 23.7 Å². The summed E-state index contributed by atoms with van der Waals surface area (Å²) in [5.41, 5.74) is 0. The fourth-order valence-corrected chi connectivity index (χ4v) is 3.43.